The van der Waals surface area contributed by atoms with Gasteiger partial charge < -0.3 is 25.4 Å². The first-order valence-corrected chi connectivity index (χ1v) is 15.1. The highest BCUT2D eigenvalue weighted by Crippen LogP contribution is 2.45. The number of fused-ring (bicyclic) bond motifs is 10. The largest absolute Gasteiger partial charge is 0.488 e. The summed E-state index contributed by atoms with van der Waals surface area (Å²) < 4.78 is 27.0. The lowest BCUT2D eigenvalue weighted by Crippen LogP contribution is -2.35. The Morgan fingerprint density at radius 2 is 2.00 bits per heavy atom. The molecule has 3 heterocycles. The van der Waals surface area contributed by atoms with Crippen molar-refractivity contribution in [1.82, 2.24) is 9.88 Å². The highest BCUT2D eigenvalue weighted by atomic mass is 19.1. The molecule has 10 nitrogen and oxygen atoms in total. The molecule has 1 saturated carbocycles. The number of anilines is 3. The molecule has 2 amide bonds. The van der Waals surface area contributed by atoms with Gasteiger partial charge in [0.1, 0.15) is 18.5 Å². The van der Waals surface area contributed by atoms with Gasteiger partial charge in [-0.1, -0.05) is 25.1 Å². The van der Waals surface area contributed by atoms with Gasteiger partial charge in [0.25, 0.3) is 0 Å². The highest BCUT2D eigenvalue weighted by Gasteiger charge is 2.44. The van der Waals surface area contributed by atoms with E-state index in [-0.39, 0.29) is 43.0 Å². The highest BCUT2D eigenvalue weighted by molar-refractivity contribution is 5.94. The lowest BCUT2D eigenvalue weighted by atomic mass is 9.93. The third-order valence-electron chi connectivity index (χ3n) is 8.71. The normalized spacial score (nSPS) is 19.2. The maximum absolute atomic E-state index is 15.6. The average molecular weight is 623 g/mol. The number of aryl methyl sites for hydroxylation is 1. The summed E-state index contributed by atoms with van der Waals surface area (Å²) >= 11 is 0. The van der Waals surface area contributed by atoms with E-state index in [4.69, 9.17) is 15.2 Å². The van der Waals surface area contributed by atoms with Gasteiger partial charge in [-0.3, -0.25) is 10.1 Å². The van der Waals surface area contributed by atoms with Gasteiger partial charge >= 0.3 is 6.09 Å². The third kappa shape index (κ3) is 6.24. The van der Waals surface area contributed by atoms with Crippen LogP contribution in [0.15, 0.2) is 60.8 Å². The Labute approximate surface area is 266 Å². The van der Waals surface area contributed by atoms with Crippen LogP contribution in [0.1, 0.15) is 54.0 Å². The molecule has 2 unspecified atom stereocenters. The Morgan fingerprint density at radius 1 is 1.20 bits per heavy atom. The fraction of sp³-hybridized carbons (Fsp3) is 0.314. The van der Waals surface area contributed by atoms with Crippen molar-refractivity contribution < 1.29 is 23.5 Å². The van der Waals surface area contributed by atoms with Crippen LogP contribution in [-0.2, 0) is 16.1 Å². The van der Waals surface area contributed by atoms with Crippen LogP contribution in [0.3, 0.4) is 0 Å². The van der Waals surface area contributed by atoms with Crippen LogP contribution < -0.4 is 21.1 Å². The molecular formula is C35H35FN6O4. The Balaban J connectivity index is 1.40. The van der Waals surface area contributed by atoms with Crippen molar-refractivity contribution in [2.75, 3.05) is 36.6 Å². The number of aromatic nitrogens is 1. The quantitative estimate of drug-likeness (QED) is 0.231. The molecular weight excluding hydrogens is 587 g/mol. The minimum absolute atomic E-state index is 0.0234. The van der Waals surface area contributed by atoms with E-state index in [1.165, 1.54) is 4.90 Å². The van der Waals surface area contributed by atoms with Crippen molar-refractivity contribution in [1.29, 1.82) is 5.26 Å². The summed E-state index contributed by atoms with van der Waals surface area (Å²) in [4.78, 5) is 32.6. The van der Waals surface area contributed by atoms with Crippen molar-refractivity contribution in [3.05, 3.63) is 88.9 Å². The van der Waals surface area contributed by atoms with Crippen molar-refractivity contribution in [3.8, 4) is 11.8 Å². The van der Waals surface area contributed by atoms with Crippen molar-refractivity contribution >= 4 is 40.0 Å². The van der Waals surface area contributed by atoms with Gasteiger partial charge in [-0.25, -0.2) is 14.2 Å². The molecule has 2 aliphatic heterocycles. The summed E-state index contributed by atoms with van der Waals surface area (Å²) in [6, 6.07) is 17.4. The lowest BCUT2D eigenvalue weighted by Gasteiger charge is -2.28. The van der Waals surface area contributed by atoms with Crippen molar-refractivity contribution in [2.24, 2.45) is 5.41 Å². The van der Waals surface area contributed by atoms with Gasteiger partial charge in [0.15, 0.2) is 11.6 Å². The summed E-state index contributed by atoms with van der Waals surface area (Å²) in [6.07, 6.45) is 2.25. The number of nitrogen functional groups attached to an aromatic ring is 1. The van der Waals surface area contributed by atoms with E-state index in [0.717, 1.165) is 33.5 Å². The standard InChI is InChI=1S/C35H35FN6O4/c1-20-12-23-4-6-27(20)21(2)17-45-34(44)41-26-14-24(31(29(36)15-26)46-19-35(18-37)9-10-35)16-42(3)33(43)30(23)40-25-5-7-28-22(13-25)8-11-39-32(28)38/h4-8,11-15,21,30,40H,9-10,16-17,19H2,1-3H3,(H2,38,39)(H,41,44). The number of likely N-dealkylation sites (N-methyl/N-ethyl adjacent to an activating group) is 1. The minimum Gasteiger partial charge on any atom is -0.488 e. The number of halogens is 1. The molecule has 0 spiro atoms. The number of carbonyl (C=O) groups excluding carboxylic acids is 2. The fourth-order valence-electron chi connectivity index (χ4n) is 5.83. The van der Waals surface area contributed by atoms with Gasteiger partial charge in [0, 0.05) is 54.1 Å². The predicted molar refractivity (Wildman–Crippen MR) is 173 cm³/mol. The van der Waals surface area contributed by atoms with E-state index in [0.29, 0.717) is 29.9 Å². The molecule has 1 aliphatic carbocycles. The third-order valence-corrected chi connectivity index (χ3v) is 8.71. The van der Waals surface area contributed by atoms with Crippen LogP contribution in [0, 0.1) is 29.5 Å². The van der Waals surface area contributed by atoms with Gasteiger partial charge in [0.05, 0.1) is 18.1 Å². The van der Waals surface area contributed by atoms with E-state index in [1.807, 2.05) is 56.3 Å². The molecule has 4 bridgehead atoms. The number of nitrogens with one attached hydrogen (secondary N) is 2. The van der Waals surface area contributed by atoms with E-state index >= 15 is 4.39 Å². The van der Waals surface area contributed by atoms with Crippen molar-refractivity contribution in [3.63, 3.8) is 0 Å². The molecule has 46 heavy (non-hydrogen) atoms. The van der Waals surface area contributed by atoms with Crippen LogP contribution in [-0.4, -0.2) is 42.1 Å². The first-order chi connectivity index (χ1) is 22.1. The molecule has 11 heteroatoms. The number of nitriles is 1. The van der Waals surface area contributed by atoms with E-state index in [2.05, 4.69) is 21.7 Å². The number of carbonyl (C=O) groups is 2. The molecule has 4 N–H and O–H groups in total. The summed E-state index contributed by atoms with van der Waals surface area (Å²) in [6.45, 7) is 3.98. The predicted octanol–water partition coefficient (Wildman–Crippen LogP) is 6.42. The van der Waals surface area contributed by atoms with E-state index < -0.39 is 23.4 Å². The van der Waals surface area contributed by atoms with Gasteiger partial charge in [-0.2, -0.15) is 5.26 Å². The average Bonchev–Trinajstić information content (AvgIpc) is 3.81. The molecule has 0 radical (unpaired) electrons. The summed E-state index contributed by atoms with van der Waals surface area (Å²) in [7, 11) is 1.63. The summed E-state index contributed by atoms with van der Waals surface area (Å²) in [5.74, 6) is -0.793. The zero-order chi connectivity index (χ0) is 32.6. The fourth-order valence-corrected chi connectivity index (χ4v) is 5.83. The lowest BCUT2D eigenvalue weighted by molar-refractivity contribution is -0.131. The zero-order valence-corrected chi connectivity index (χ0v) is 25.9. The van der Waals surface area contributed by atoms with Gasteiger partial charge in [-0.15, -0.1) is 0 Å². The van der Waals surface area contributed by atoms with Crippen molar-refractivity contribution in [2.45, 2.75) is 45.2 Å². The second-order valence-electron chi connectivity index (χ2n) is 12.3. The maximum Gasteiger partial charge on any atom is 0.411 e. The second-order valence-corrected chi connectivity index (χ2v) is 12.3. The summed E-state index contributed by atoms with van der Waals surface area (Å²) in [5, 5.41) is 17.2. The molecule has 1 fully saturated rings. The van der Waals surface area contributed by atoms with Crippen LogP contribution >= 0.6 is 0 Å². The number of rotatable bonds is 5. The molecule has 236 valence electrons. The Bertz CT molecular complexity index is 1890. The number of amides is 2. The van der Waals surface area contributed by atoms with E-state index in [1.54, 1.807) is 19.3 Å². The topological polar surface area (TPSA) is 143 Å². The van der Waals surface area contributed by atoms with Gasteiger partial charge in [-0.05, 0) is 72.2 Å². The smallest absolute Gasteiger partial charge is 0.411 e. The molecule has 4 aromatic rings. The Kier molecular flexibility index (Phi) is 8.13. The first kappa shape index (κ1) is 30.6. The number of pyridine rings is 1. The molecule has 1 aromatic heterocycles. The molecule has 3 aliphatic rings. The number of benzene rings is 3. The first-order valence-electron chi connectivity index (χ1n) is 15.1. The number of hydrogen-bond acceptors (Lipinski definition) is 8. The summed E-state index contributed by atoms with van der Waals surface area (Å²) in [5.41, 5.74) is 9.25. The number of nitrogens with zero attached hydrogens (tertiary/aromatic N) is 3. The SMILES string of the molecule is Cc1cc2ccc1C(C)COC(=O)Nc1cc(F)c(OCC3(C#N)CC3)c(c1)CN(C)C(=O)C2Nc1ccc2c(N)nccc2c1. The number of nitrogens with two attached hydrogens (primary N) is 1. The Hall–Kier alpha value is -5.37. The zero-order valence-electron chi connectivity index (χ0n) is 25.9. The monoisotopic (exact) mass is 622 g/mol. The number of hydrogen-bond donors (Lipinski definition) is 3. The van der Waals surface area contributed by atoms with E-state index in [9.17, 15) is 14.9 Å². The van der Waals surface area contributed by atoms with Crippen LogP contribution in [0.2, 0.25) is 0 Å². The maximum atomic E-state index is 15.6. The van der Waals surface area contributed by atoms with Crippen LogP contribution in [0.5, 0.6) is 5.75 Å². The Morgan fingerprint density at radius 3 is 2.74 bits per heavy atom. The minimum atomic E-state index is -0.806. The molecule has 2 atom stereocenters. The molecule has 0 saturated heterocycles. The van der Waals surface area contributed by atoms with Crippen LogP contribution in [0.25, 0.3) is 10.8 Å². The van der Waals surface area contributed by atoms with Crippen LogP contribution in [0.4, 0.5) is 26.4 Å². The molecule has 3 aromatic carbocycles. The van der Waals surface area contributed by atoms with Gasteiger partial charge in [0.2, 0.25) is 5.91 Å². The number of ether oxygens (including phenoxy) is 2. The second kappa shape index (κ2) is 12.2. The molecule has 7 rings (SSSR count).